The molecule has 0 saturated heterocycles. The molecule has 152 valence electrons. The zero-order chi connectivity index (χ0) is 20.5. The summed E-state index contributed by atoms with van der Waals surface area (Å²) in [7, 11) is -15.8. The molecule has 0 spiro atoms. The minimum atomic E-state index is -5.48. The third kappa shape index (κ3) is 6.74. The lowest BCUT2D eigenvalue weighted by atomic mass is 10.2. The van der Waals surface area contributed by atoms with Gasteiger partial charge in [0.25, 0.3) is 0 Å². The molecule has 2 heterocycles. The predicted molar refractivity (Wildman–Crippen MR) is 90.4 cm³/mol. The van der Waals surface area contributed by atoms with Crippen molar-refractivity contribution >= 4 is 34.7 Å². The first kappa shape index (κ1) is 22.1. The van der Waals surface area contributed by atoms with Crippen molar-refractivity contribution in [2.45, 2.75) is 19.4 Å². The minimum Gasteiger partial charge on any atom is -0.384 e. The van der Waals surface area contributed by atoms with Gasteiger partial charge in [0, 0.05) is 18.2 Å². The van der Waals surface area contributed by atoms with E-state index in [1.54, 1.807) is 13.0 Å². The van der Waals surface area contributed by atoms with E-state index in [0.29, 0.717) is 17.0 Å². The molecular weight excluding hydrogens is 429 g/mol. The molecule has 0 saturated carbocycles. The first-order valence-corrected chi connectivity index (χ1v) is 11.9. The molecule has 0 fully saturated rings. The van der Waals surface area contributed by atoms with Gasteiger partial charge >= 0.3 is 23.2 Å². The van der Waals surface area contributed by atoms with E-state index in [1.165, 1.54) is 16.9 Å². The maximum atomic E-state index is 11.8. The average molecular weight is 446 g/mol. The molecule has 2 rings (SSSR count). The van der Waals surface area contributed by atoms with Gasteiger partial charge in [-0.3, -0.25) is 4.57 Å². The number of fused-ring (bicyclic) bond motifs is 1. The van der Waals surface area contributed by atoms with Crippen LogP contribution < -0.4 is 5.73 Å². The molecule has 0 aromatic carbocycles. The van der Waals surface area contributed by atoms with Crippen LogP contribution in [-0.2, 0) is 33.5 Å². The third-order valence-electron chi connectivity index (χ3n) is 2.97. The van der Waals surface area contributed by atoms with Gasteiger partial charge in [-0.25, -0.2) is 18.4 Å². The highest BCUT2D eigenvalue weighted by Gasteiger charge is 2.39. The van der Waals surface area contributed by atoms with E-state index < -0.39 is 35.7 Å². The van der Waals surface area contributed by atoms with E-state index in [-0.39, 0.29) is 6.42 Å². The molecule has 2 aromatic heterocycles. The number of nitrogens with two attached hydrogens (primary N) is 1. The lowest BCUT2D eigenvalue weighted by molar-refractivity contribution is 0.0879. The zero-order valence-corrected chi connectivity index (χ0v) is 16.4. The minimum absolute atomic E-state index is 0.204. The lowest BCUT2D eigenvalue weighted by Gasteiger charge is -2.18. The van der Waals surface area contributed by atoms with Gasteiger partial charge in [0.1, 0.15) is 12.2 Å². The summed E-state index contributed by atoms with van der Waals surface area (Å²) in [6, 6.07) is 1.55. The van der Waals surface area contributed by atoms with Crippen LogP contribution in [0.1, 0.15) is 12.5 Å². The first-order chi connectivity index (χ1) is 12.3. The monoisotopic (exact) mass is 446 g/mol. The standard InChI is InChI=1S/C10H17N4O10P3/c1-7(4-8-5-13-14-9(11)2-3-12-10(8)14)22-6-25(15,16)23-27(20,21)24-26(17,18)19/h2-3,5,7H,4,6,11H2,1H3,(H,15,16)(H,20,21)(H2,17,18,19). The maximum absolute atomic E-state index is 11.8. The molecule has 0 radical (unpaired) electrons. The lowest BCUT2D eigenvalue weighted by Crippen LogP contribution is -2.13. The van der Waals surface area contributed by atoms with Crippen molar-refractivity contribution in [2.24, 2.45) is 0 Å². The number of phosphoric acid groups is 2. The number of nitrogen functional groups attached to an aromatic ring is 1. The maximum Gasteiger partial charge on any atom is 0.488 e. The van der Waals surface area contributed by atoms with Crippen molar-refractivity contribution in [2.75, 3.05) is 12.1 Å². The Morgan fingerprint density at radius 3 is 2.52 bits per heavy atom. The largest absolute Gasteiger partial charge is 0.488 e. The fraction of sp³-hybridized carbons (Fsp3) is 0.400. The summed E-state index contributed by atoms with van der Waals surface area (Å²) >= 11 is 0. The number of anilines is 1. The second-order valence-electron chi connectivity index (χ2n) is 5.35. The summed E-state index contributed by atoms with van der Waals surface area (Å²) in [5.74, 6) is 0.358. The molecule has 0 amide bonds. The van der Waals surface area contributed by atoms with E-state index in [9.17, 15) is 18.6 Å². The fourth-order valence-electron chi connectivity index (χ4n) is 2.03. The van der Waals surface area contributed by atoms with Crippen LogP contribution >= 0.6 is 23.2 Å². The molecule has 3 atom stereocenters. The smallest absolute Gasteiger partial charge is 0.384 e. The van der Waals surface area contributed by atoms with Crippen LogP contribution in [0.5, 0.6) is 0 Å². The van der Waals surface area contributed by atoms with Crippen molar-refractivity contribution in [3.8, 4) is 0 Å². The van der Waals surface area contributed by atoms with Crippen molar-refractivity contribution < 1.29 is 46.6 Å². The Morgan fingerprint density at radius 2 is 1.89 bits per heavy atom. The van der Waals surface area contributed by atoms with Crippen LogP contribution in [-0.4, -0.2) is 46.6 Å². The molecule has 0 aliphatic carbocycles. The van der Waals surface area contributed by atoms with Crippen LogP contribution in [0.2, 0.25) is 0 Å². The van der Waals surface area contributed by atoms with Crippen molar-refractivity contribution in [1.29, 1.82) is 0 Å². The molecule has 6 N–H and O–H groups in total. The average Bonchev–Trinajstić information content (AvgIpc) is 2.86. The summed E-state index contributed by atoms with van der Waals surface area (Å²) in [5.41, 5.74) is 6.83. The highest BCUT2D eigenvalue weighted by Crippen LogP contribution is 2.65. The number of ether oxygens (including phenoxy) is 1. The SMILES string of the molecule is CC(Cc1cnn2c(N)ccnc12)OCP(=O)(O)OP(=O)(O)OP(=O)(O)O. The Kier molecular flexibility index (Phi) is 6.60. The third-order valence-corrected chi connectivity index (χ3v) is 6.97. The molecule has 2 aromatic rings. The van der Waals surface area contributed by atoms with E-state index in [0.717, 1.165) is 0 Å². The van der Waals surface area contributed by atoms with Gasteiger partial charge in [-0.15, -0.1) is 0 Å². The van der Waals surface area contributed by atoms with Crippen LogP contribution in [0.3, 0.4) is 0 Å². The number of rotatable bonds is 9. The van der Waals surface area contributed by atoms with Crippen LogP contribution in [0.25, 0.3) is 5.65 Å². The van der Waals surface area contributed by atoms with Gasteiger partial charge in [0.05, 0.1) is 12.3 Å². The molecule has 14 nitrogen and oxygen atoms in total. The van der Waals surface area contributed by atoms with Gasteiger partial charge in [-0.1, -0.05) is 0 Å². The Bertz CT molecular complexity index is 958. The first-order valence-electron chi connectivity index (χ1n) is 7.09. The Labute approximate surface area is 152 Å². The fourth-order valence-corrected chi connectivity index (χ4v) is 5.41. The van der Waals surface area contributed by atoms with Gasteiger partial charge in [-0.05, 0) is 13.0 Å². The molecule has 0 aliphatic rings. The Balaban J connectivity index is 1.96. The Morgan fingerprint density at radius 1 is 1.22 bits per heavy atom. The summed E-state index contributed by atoms with van der Waals surface area (Å²) in [6.45, 7) is 1.54. The Hall–Kier alpha value is -1.17. The van der Waals surface area contributed by atoms with E-state index in [1.807, 2.05) is 0 Å². The van der Waals surface area contributed by atoms with Crippen molar-refractivity contribution in [3.63, 3.8) is 0 Å². The highest BCUT2D eigenvalue weighted by molar-refractivity contribution is 7.68. The topological polar surface area (TPSA) is 216 Å². The van der Waals surface area contributed by atoms with Crippen molar-refractivity contribution in [3.05, 3.63) is 24.0 Å². The number of nitrogens with zero attached hydrogens (tertiary/aromatic N) is 3. The van der Waals surface area contributed by atoms with Gasteiger partial charge < -0.3 is 30.0 Å². The van der Waals surface area contributed by atoms with E-state index in [4.69, 9.17) is 25.2 Å². The highest BCUT2D eigenvalue weighted by atomic mass is 31.3. The van der Waals surface area contributed by atoms with Gasteiger partial charge in [-0.2, -0.15) is 13.9 Å². The van der Waals surface area contributed by atoms with Crippen LogP contribution in [0, 0.1) is 0 Å². The number of aromatic nitrogens is 3. The van der Waals surface area contributed by atoms with Crippen molar-refractivity contribution in [1.82, 2.24) is 14.6 Å². The summed E-state index contributed by atoms with van der Waals surface area (Å²) in [5, 5.41) is 4.05. The normalized spacial score (nSPS) is 18.1. The van der Waals surface area contributed by atoms with Gasteiger partial charge in [0.2, 0.25) is 0 Å². The predicted octanol–water partition coefficient (Wildman–Crippen LogP) is 0.628. The van der Waals surface area contributed by atoms with Gasteiger partial charge in [0.15, 0.2) is 5.65 Å². The molecule has 27 heavy (non-hydrogen) atoms. The quantitative estimate of drug-likeness (QED) is 0.334. The molecule has 0 aliphatic heterocycles. The summed E-state index contributed by atoms with van der Waals surface area (Å²) in [4.78, 5) is 39.7. The second-order valence-corrected chi connectivity index (χ2v) is 10.1. The molecule has 3 unspecified atom stereocenters. The molecule has 0 bridgehead atoms. The summed E-state index contributed by atoms with van der Waals surface area (Å²) in [6.07, 6.45) is 1.47. The zero-order valence-electron chi connectivity index (χ0n) is 13.7. The van der Waals surface area contributed by atoms with E-state index >= 15 is 0 Å². The van der Waals surface area contributed by atoms with Crippen LogP contribution in [0.15, 0.2) is 18.5 Å². The second kappa shape index (κ2) is 8.06. The van der Waals surface area contributed by atoms with Crippen LogP contribution in [0.4, 0.5) is 5.82 Å². The van der Waals surface area contributed by atoms with E-state index in [2.05, 4.69) is 18.7 Å². The summed E-state index contributed by atoms with van der Waals surface area (Å²) < 4.78 is 47.5. The number of hydrogen-bond donors (Lipinski definition) is 5. The molecular formula is C10H17N4O10P3. The number of hydrogen-bond acceptors (Lipinski definition) is 9. The molecule has 17 heteroatoms.